The molecule has 0 aliphatic carbocycles. The van der Waals surface area contributed by atoms with Gasteiger partial charge in [0.1, 0.15) is 11.3 Å². The van der Waals surface area contributed by atoms with E-state index in [2.05, 4.69) is 22.0 Å². The molecule has 4 heterocycles. The van der Waals surface area contributed by atoms with Gasteiger partial charge >= 0.3 is 5.69 Å². The Bertz CT molecular complexity index is 948. The van der Waals surface area contributed by atoms with Crippen LogP contribution >= 0.6 is 0 Å². The molecule has 0 radical (unpaired) electrons. The van der Waals surface area contributed by atoms with Gasteiger partial charge in [0.25, 0.3) is 0 Å². The smallest absolute Gasteiger partial charge is 0.311 e. The molecule has 138 valence electrons. The van der Waals surface area contributed by atoms with Crippen LogP contribution in [-0.2, 0) is 4.84 Å². The van der Waals surface area contributed by atoms with Gasteiger partial charge in [0.05, 0.1) is 11.2 Å². The quantitative estimate of drug-likeness (QED) is 0.461. The van der Waals surface area contributed by atoms with Crippen LogP contribution in [0.25, 0.3) is 0 Å². The summed E-state index contributed by atoms with van der Waals surface area (Å²) in [5, 5.41) is 15.4. The van der Waals surface area contributed by atoms with Gasteiger partial charge in [-0.3, -0.25) is 10.1 Å². The average Bonchev–Trinajstić information content (AvgIpc) is 3.31. The Hall–Kier alpha value is -3.34. The Morgan fingerprint density at radius 2 is 2.07 bits per heavy atom. The summed E-state index contributed by atoms with van der Waals surface area (Å²) in [5.74, 6) is 6.93. The van der Waals surface area contributed by atoms with Crippen molar-refractivity contribution in [3.05, 3.63) is 52.1 Å². The summed E-state index contributed by atoms with van der Waals surface area (Å²) in [4.78, 5) is 23.0. The largest absolute Gasteiger partial charge is 0.456 e. The topological polar surface area (TPSA) is 94.0 Å². The fourth-order valence-electron chi connectivity index (χ4n) is 3.38. The van der Waals surface area contributed by atoms with Crippen LogP contribution in [0.3, 0.4) is 0 Å². The minimum atomic E-state index is -0.387. The standard InChI is InChI=1S/C19H18N4O4/c1-14-4-7-17(23(24)25)18(20-14)22-10-8-19(9-11-22)13-15(21-27-19)5-6-16-3-2-12-26-16/h2-4,7,12H,8-11,13H2,1H3. The number of aromatic nitrogens is 1. The third-order valence-electron chi connectivity index (χ3n) is 4.85. The molecule has 0 atom stereocenters. The van der Waals surface area contributed by atoms with Gasteiger partial charge in [-0.05, 0) is 37.0 Å². The second-order valence-electron chi connectivity index (χ2n) is 6.76. The second kappa shape index (κ2) is 6.76. The molecule has 8 heteroatoms. The summed E-state index contributed by atoms with van der Waals surface area (Å²) in [5.41, 5.74) is 1.10. The van der Waals surface area contributed by atoms with E-state index in [0.717, 1.165) is 5.69 Å². The first-order chi connectivity index (χ1) is 13.0. The van der Waals surface area contributed by atoms with E-state index < -0.39 is 0 Å². The summed E-state index contributed by atoms with van der Waals surface area (Å²) in [6.07, 6.45) is 3.62. The fraction of sp³-hybridized carbons (Fsp3) is 0.368. The molecular formula is C19H18N4O4. The van der Waals surface area contributed by atoms with Gasteiger partial charge in [-0.1, -0.05) is 5.16 Å². The normalized spacial score (nSPS) is 17.8. The number of rotatable bonds is 2. The highest BCUT2D eigenvalue weighted by Gasteiger charge is 2.42. The lowest BCUT2D eigenvalue weighted by molar-refractivity contribution is -0.384. The van der Waals surface area contributed by atoms with Crippen LogP contribution < -0.4 is 4.90 Å². The van der Waals surface area contributed by atoms with E-state index in [9.17, 15) is 10.1 Å². The molecule has 0 N–H and O–H groups in total. The molecule has 1 spiro atoms. The molecule has 8 nitrogen and oxygen atoms in total. The highest BCUT2D eigenvalue weighted by Crippen LogP contribution is 2.37. The third kappa shape index (κ3) is 3.49. The third-order valence-corrected chi connectivity index (χ3v) is 4.85. The Morgan fingerprint density at radius 3 is 2.78 bits per heavy atom. The molecule has 0 bridgehead atoms. The Labute approximate surface area is 156 Å². The molecule has 0 unspecified atom stereocenters. The number of nitro groups is 1. The maximum atomic E-state index is 11.3. The summed E-state index contributed by atoms with van der Waals surface area (Å²) in [6.45, 7) is 3.06. The van der Waals surface area contributed by atoms with Crippen molar-refractivity contribution < 1.29 is 14.2 Å². The van der Waals surface area contributed by atoms with E-state index in [1.54, 1.807) is 24.5 Å². The number of hydrogen-bond acceptors (Lipinski definition) is 7. The number of aryl methyl sites for hydroxylation is 1. The van der Waals surface area contributed by atoms with Gasteiger partial charge in [0.2, 0.25) is 5.82 Å². The highest BCUT2D eigenvalue weighted by molar-refractivity contribution is 6.01. The number of piperidine rings is 1. The van der Waals surface area contributed by atoms with E-state index in [4.69, 9.17) is 9.25 Å². The lowest BCUT2D eigenvalue weighted by Crippen LogP contribution is -2.45. The van der Waals surface area contributed by atoms with Gasteiger partial charge in [-0.2, -0.15) is 0 Å². The van der Waals surface area contributed by atoms with Crippen LogP contribution in [0.5, 0.6) is 0 Å². The van der Waals surface area contributed by atoms with Crippen LogP contribution in [-0.4, -0.2) is 34.3 Å². The first-order valence-corrected chi connectivity index (χ1v) is 8.72. The fourth-order valence-corrected chi connectivity index (χ4v) is 3.38. The van der Waals surface area contributed by atoms with Gasteiger partial charge in [0.15, 0.2) is 5.76 Å². The summed E-state index contributed by atoms with van der Waals surface area (Å²) in [7, 11) is 0. The molecule has 2 aromatic rings. The predicted octanol–water partition coefficient (Wildman–Crippen LogP) is 3.06. The summed E-state index contributed by atoms with van der Waals surface area (Å²) >= 11 is 0. The minimum Gasteiger partial charge on any atom is -0.456 e. The second-order valence-corrected chi connectivity index (χ2v) is 6.76. The van der Waals surface area contributed by atoms with Crippen LogP contribution in [0.2, 0.25) is 0 Å². The van der Waals surface area contributed by atoms with Crippen molar-refractivity contribution in [2.45, 2.75) is 31.8 Å². The lowest BCUT2D eigenvalue weighted by Gasteiger charge is -2.37. The molecule has 1 saturated heterocycles. The first kappa shape index (κ1) is 17.1. The summed E-state index contributed by atoms with van der Waals surface area (Å²) in [6, 6.07) is 6.75. The Morgan fingerprint density at radius 1 is 1.26 bits per heavy atom. The van der Waals surface area contributed by atoms with Gasteiger partial charge in [0, 0.05) is 44.1 Å². The minimum absolute atomic E-state index is 0.0325. The molecule has 4 rings (SSSR count). The van der Waals surface area contributed by atoms with Gasteiger partial charge in [-0.25, -0.2) is 4.98 Å². The monoisotopic (exact) mass is 366 g/mol. The number of nitrogens with zero attached hydrogens (tertiary/aromatic N) is 4. The van der Waals surface area contributed by atoms with Crippen molar-refractivity contribution in [3.8, 4) is 11.8 Å². The Kier molecular flexibility index (Phi) is 4.28. The van der Waals surface area contributed by atoms with Crippen LogP contribution in [0.1, 0.15) is 30.7 Å². The van der Waals surface area contributed by atoms with Crippen molar-refractivity contribution >= 4 is 17.2 Å². The molecule has 0 aromatic carbocycles. The van der Waals surface area contributed by atoms with Crippen molar-refractivity contribution in [3.63, 3.8) is 0 Å². The average molecular weight is 366 g/mol. The van der Waals surface area contributed by atoms with Crippen molar-refractivity contribution in [1.82, 2.24) is 4.98 Å². The van der Waals surface area contributed by atoms with Crippen LogP contribution in [0.4, 0.5) is 11.5 Å². The van der Waals surface area contributed by atoms with Crippen molar-refractivity contribution in [2.75, 3.05) is 18.0 Å². The molecular weight excluding hydrogens is 348 g/mol. The number of hydrogen-bond donors (Lipinski definition) is 0. The molecule has 0 amide bonds. The van der Waals surface area contributed by atoms with E-state index in [0.29, 0.717) is 49.6 Å². The number of oxime groups is 1. The first-order valence-electron chi connectivity index (χ1n) is 8.72. The molecule has 2 aliphatic rings. The lowest BCUT2D eigenvalue weighted by atomic mass is 9.87. The number of furan rings is 1. The van der Waals surface area contributed by atoms with Crippen LogP contribution in [0, 0.1) is 28.9 Å². The van der Waals surface area contributed by atoms with E-state index >= 15 is 0 Å². The summed E-state index contributed by atoms with van der Waals surface area (Å²) < 4.78 is 5.20. The van der Waals surface area contributed by atoms with E-state index in [1.165, 1.54) is 6.07 Å². The van der Waals surface area contributed by atoms with Crippen molar-refractivity contribution in [2.24, 2.45) is 5.16 Å². The number of pyridine rings is 1. The van der Waals surface area contributed by atoms with Crippen molar-refractivity contribution in [1.29, 1.82) is 0 Å². The zero-order chi connectivity index (χ0) is 18.9. The molecule has 1 fully saturated rings. The van der Waals surface area contributed by atoms with Gasteiger partial charge in [-0.15, -0.1) is 0 Å². The Balaban J connectivity index is 1.43. The molecule has 27 heavy (non-hydrogen) atoms. The number of anilines is 1. The maximum Gasteiger partial charge on any atom is 0.311 e. The van der Waals surface area contributed by atoms with Crippen LogP contribution in [0.15, 0.2) is 40.1 Å². The van der Waals surface area contributed by atoms with E-state index in [1.807, 2.05) is 11.8 Å². The highest BCUT2D eigenvalue weighted by atomic mass is 16.7. The van der Waals surface area contributed by atoms with E-state index in [-0.39, 0.29) is 16.2 Å². The molecule has 2 aliphatic heterocycles. The predicted molar refractivity (Wildman–Crippen MR) is 98.5 cm³/mol. The molecule has 0 saturated carbocycles. The zero-order valence-electron chi connectivity index (χ0n) is 14.8. The SMILES string of the molecule is Cc1ccc([N+](=O)[O-])c(N2CCC3(CC2)CC(C#Cc2ccco2)=NO3)n1. The molecule has 2 aromatic heterocycles. The maximum absolute atomic E-state index is 11.3. The zero-order valence-corrected chi connectivity index (χ0v) is 14.8. The van der Waals surface area contributed by atoms with Gasteiger partial charge < -0.3 is 14.2 Å².